The summed E-state index contributed by atoms with van der Waals surface area (Å²) in [4.78, 5) is 11.7. The van der Waals surface area contributed by atoms with E-state index in [1.165, 1.54) is 19.3 Å². The molecule has 2 fully saturated rings. The van der Waals surface area contributed by atoms with Crippen LogP contribution in [0.1, 0.15) is 64.7 Å². The van der Waals surface area contributed by atoms with Gasteiger partial charge in [0.2, 0.25) is 0 Å². The monoisotopic (exact) mass is 254 g/mol. The Morgan fingerprint density at radius 3 is 2.78 bits per heavy atom. The minimum Gasteiger partial charge on any atom is -0.463 e. The molecular formula is C15H26O3. The Balaban J connectivity index is 2.02. The van der Waals surface area contributed by atoms with E-state index in [-0.39, 0.29) is 11.6 Å². The number of rotatable bonds is 0. The maximum atomic E-state index is 11.7. The molecule has 2 unspecified atom stereocenters. The van der Waals surface area contributed by atoms with Gasteiger partial charge in [-0.2, -0.15) is 0 Å². The van der Waals surface area contributed by atoms with E-state index in [0.717, 1.165) is 38.7 Å². The van der Waals surface area contributed by atoms with Crippen LogP contribution in [0, 0.1) is 5.92 Å². The van der Waals surface area contributed by atoms with Crippen molar-refractivity contribution in [2.75, 3.05) is 13.2 Å². The van der Waals surface area contributed by atoms with Gasteiger partial charge < -0.3 is 9.47 Å². The second-order valence-corrected chi connectivity index (χ2v) is 5.88. The molecule has 1 heterocycles. The predicted molar refractivity (Wildman–Crippen MR) is 70.4 cm³/mol. The second kappa shape index (κ2) is 6.55. The average molecular weight is 254 g/mol. The predicted octanol–water partition coefficient (Wildman–Crippen LogP) is 3.46. The van der Waals surface area contributed by atoms with Gasteiger partial charge in [-0.15, -0.1) is 0 Å². The number of hydrogen-bond acceptors (Lipinski definition) is 3. The molecule has 0 amide bonds. The molecule has 1 aliphatic carbocycles. The van der Waals surface area contributed by atoms with Crippen LogP contribution in [0.15, 0.2) is 0 Å². The van der Waals surface area contributed by atoms with E-state index in [9.17, 15) is 4.79 Å². The Morgan fingerprint density at radius 1 is 1.11 bits per heavy atom. The van der Waals surface area contributed by atoms with Gasteiger partial charge in [-0.25, -0.2) is 0 Å². The number of carbonyl (C=O) groups is 1. The molecule has 2 rings (SSSR count). The highest BCUT2D eigenvalue weighted by atomic mass is 16.6. The summed E-state index contributed by atoms with van der Waals surface area (Å²) in [5, 5.41) is 0. The summed E-state index contributed by atoms with van der Waals surface area (Å²) in [6.45, 7) is 3.53. The Kier molecular flexibility index (Phi) is 5.04. The van der Waals surface area contributed by atoms with Gasteiger partial charge >= 0.3 is 5.97 Å². The maximum Gasteiger partial charge on any atom is 0.305 e. The first-order valence-electron chi connectivity index (χ1n) is 7.52. The quantitative estimate of drug-likeness (QED) is 0.621. The second-order valence-electron chi connectivity index (χ2n) is 5.88. The average Bonchev–Trinajstić information content (AvgIpc) is 2.41. The minimum atomic E-state index is -0.196. The molecule has 0 radical (unpaired) electrons. The van der Waals surface area contributed by atoms with Crippen LogP contribution in [0.2, 0.25) is 0 Å². The molecule has 3 nitrogen and oxygen atoms in total. The fraction of sp³-hybridized carbons (Fsp3) is 0.933. The summed E-state index contributed by atoms with van der Waals surface area (Å²) in [6.07, 6.45) is 9.63. The van der Waals surface area contributed by atoms with E-state index >= 15 is 0 Å². The van der Waals surface area contributed by atoms with Crippen molar-refractivity contribution in [1.29, 1.82) is 0 Å². The molecule has 104 valence electrons. The lowest BCUT2D eigenvalue weighted by atomic mass is 9.76. The van der Waals surface area contributed by atoms with Crippen LogP contribution in [0.5, 0.6) is 0 Å². The number of ether oxygens (including phenoxy) is 2. The molecule has 1 saturated heterocycles. The first-order chi connectivity index (χ1) is 8.73. The molecule has 1 aliphatic heterocycles. The highest BCUT2D eigenvalue weighted by Crippen LogP contribution is 2.37. The Labute approximate surface area is 110 Å². The first-order valence-corrected chi connectivity index (χ1v) is 7.52. The lowest BCUT2D eigenvalue weighted by Gasteiger charge is -2.42. The largest absolute Gasteiger partial charge is 0.463 e. The van der Waals surface area contributed by atoms with Gasteiger partial charge in [0.15, 0.2) is 0 Å². The third kappa shape index (κ3) is 3.47. The van der Waals surface area contributed by atoms with Gasteiger partial charge in [0, 0.05) is 13.0 Å². The molecule has 0 bridgehead atoms. The van der Waals surface area contributed by atoms with Crippen molar-refractivity contribution in [3.8, 4) is 0 Å². The van der Waals surface area contributed by atoms with Gasteiger partial charge in [0.1, 0.15) is 12.2 Å². The van der Waals surface area contributed by atoms with Crippen LogP contribution < -0.4 is 0 Å². The van der Waals surface area contributed by atoms with Crippen LogP contribution in [0.4, 0.5) is 0 Å². The summed E-state index contributed by atoms with van der Waals surface area (Å²) in [5.41, 5.74) is -0.196. The summed E-state index contributed by atoms with van der Waals surface area (Å²) in [5.74, 6) is 0.456. The molecule has 0 N–H and O–H groups in total. The fourth-order valence-corrected chi connectivity index (χ4v) is 3.13. The molecule has 2 aliphatic rings. The van der Waals surface area contributed by atoms with E-state index < -0.39 is 0 Å². The van der Waals surface area contributed by atoms with Gasteiger partial charge in [-0.05, 0) is 31.6 Å². The first kappa shape index (κ1) is 13.9. The van der Waals surface area contributed by atoms with Gasteiger partial charge in [-0.1, -0.05) is 32.6 Å². The molecule has 0 aromatic carbocycles. The van der Waals surface area contributed by atoms with Crippen LogP contribution in [-0.2, 0) is 14.3 Å². The molecule has 1 spiro atoms. The zero-order valence-electron chi connectivity index (χ0n) is 11.6. The summed E-state index contributed by atoms with van der Waals surface area (Å²) in [7, 11) is 0. The Bertz CT molecular complexity index is 277. The zero-order chi connectivity index (χ0) is 12.8. The lowest BCUT2D eigenvalue weighted by molar-refractivity contribution is -0.168. The highest BCUT2D eigenvalue weighted by molar-refractivity contribution is 5.69. The topological polar surface area (TPSA) is 35.5 Å². The van der Waals surface area contributed by atoms with Crippen LogP contribution in [0.3, 0.4) is 0 Å². The number of esters is 1. The highest BCUT2D eigenvalue weighted by Gasteiger charge is 2.40. The molecule has 0 aromatic heterocycles. The minimum absolute atomic E-state index is 0.0438. The molecule has 18 heavy (non-hydrogen) atoms. The van der Waals surface area contributed by atoms with Gasteiger partial charge in [0.05, 0.1) is 0 Å². The van der Waals surface area contributed by atoms with E-state index in [4.69, 9.17) is 9.47 Å². The van der Waals surface area contributed by atoms with Gasteiger partial charge in [0.25, 0.3) is 0 Å². The summed E-state index contributed by atoms with van der Waals surface area (Å²) < 4.78 is 11.7. The maximum absolute atomic E-state index is 11.7. The fourth-order valence-electron chi connectivity index (χ4n) is 3.13. The van der Waals surface area contributed by atoms with Crippen LogP contribution in [-0.4, -0.2) is 24.8 Å². The summed E-state index contributed by atoms with van der Waals surface area (Å²) >= 11 is 0. The van der Waals surface area contributed by atoms with Crippen molar-refractivity contribution in [2.45, 2.75) is 70.3 Å². The molecule has 0 aromatic rings. The Hall–Kier alpha value is -0.570. The van der Waals surface area contributed by atoms with Crippen molar-refractivity contribution in [1.82, 2.24) is 0 Å². The summed E-state index contributed by atoms with van der Waals surface area (Å²) in [6, 6.07) is 0. The van der Waals surface area contributed by atoms with E-state index in [1.807, 2.05) is 0 Å². The van der Waals surface area contributed by atoms with Crippen LogP contribution in [0.25, 0.3) is 0 Å². The standard InChI is InChI=1S/C15H26O3/c1-13-8-5-6-10-15(13)12-17-14(16)9-4-2-3-7-11-18-15/h13H,2-12H2,1H3. The van der Waals surface area contributed by atoms with Crippen molar-refractivity contribution in [3.63, 3.8) is 0 Å². The van der Waals surface area contributed by atoms with Crippen molar-refractivity contribution in [2.24, 2.45) is 5.92 Å². The molecule has 2 atom stereocenters. The zero-order valence-corrected chi connectivity index (χ0v) is 11.6. The van der Waals surface area contributed by atoms with E-state index in [1.54, 1.807) is 0 Å². The Morgan fingerprint density at radius 2 is 1.94 bits per heavy atom. The number of carbonyl (C=O) groups excluding carboxylic acids is 1. The normalized spacial score (nSPS) is 35.8. The third-order valence-electron chi connectivity index (χ3n) is 4.53. The third-order valence-corrected chi connectivity index (χ3v) is 4.53. The van der Waals surface area contributed by atoms with Crippen molar-refractivity contribution >= 4 is 5.97 Å². The lowest BCUT2D eigenvalue weighted by Crippen LogP contribution is -2.47. The van der Waals surface area contributed by atoms with Crippen LogP contribution >= 0.6 is 0 Å². The molecular weight excluding hydrogens is 228 g/mol. The molecule has 1 saturated carbocycles. The SMILES string of the molecule is CC1CCCCC12COC(=O)CCCCCCO2. The smallest absolute Gasteiger partial charge is 0.305 e. The van der Waals surface area contributed by atoms with E-state index in [0.29, 0.717) is 18.9 Å². The number of cyclic esters (lactones) is 1. The number of hydrogen-bond donors (Lipinski definition) is 0. The molecule has 3 heteroatoms. The van der Waals surface area contributed by atoms with E-state index in [2.05, 4.69) is 6.92 Å². The van der Waals surface area contributed by atoms with Crippen molar-refractivity contribution < 1.29 is 14.3 Å². The van der Waals surface area contributed by atoms with Crippen molar-refractivity contribution in [3.05, 3.63) is 0 Å². The van der Waals surface area contributed by atoms with Gasteiger partial charge in [-0.3, -0.25) is 4.79 Å².